The van der Waals surface area contributed by atoms with Crippen molar-refractivity contribution < 1.29 is 4.79 Å². The van der Waals surface area contributed by atoms with Gasteiger partial charge in [0.2, 0.25) is 5.91 Å². The van der Waals surface area contributed by atoms with Crippen LogP contribution in [-0.2, 0) is 4.79 Å². The molecule has 2 atom stereocenters. The summed E-state index contributed by atoms with van der Waals surface area (Å²) >= 11 is 1.75. The Hall–Kier alpha value is -1.00. The van der Waals surface area contributed by atoms with Gasteiger partial charge in [0.15, 0.2) is 0 Å². The van der Waals surface area contributed by atoms with Crippen LogP contribution in [0.1, 0.15) is 29.8 Å². The van der Waals surface area contributed by atoms with Gasteiger partial charge in [-0.3, -0.25) is 4.79 Å². The van der Waals surface area contributed by atoms with Gasteiger partial charge in [0, 0.05) is 6.54 Å². The van der Waals surface area contributed by atoms with Crippen LogP contribution >= 0.6 is 11.8 Å². The van der Waals surface area contributed by atoms with E-state index in [4.69, 9.17) is 0 Å². The summed E-state index contributed by atoms with van der Waals surface area (Å²) in [5, 5.41) is 3.39. The molecule has 1 aliphatic heterocycles. The fourth-order valence-corrected chi connectivity index (χ4v) is 3.63. The number of hydrogen-bond donors (Lipinski definition) is 1. The second-order valence-corrected chi connectivity index (χ2v) is 6.46. The smallest absolute Gasteiger partial charge is 0.236 e. The van der Waals surface area contributed by atoms with E-state index in [0.717, 1.165) is 19.5 Å². The van der Waals surface area contributed by atoms with E-state index >= 15 is 0 Å². The van der Waals surface area contributed by atoms with Crippen molar-refractivity contribution in [3.8, 4) is 0 Å². The molecule has 2 unspecified atom stereocenters. The number of benzene rings is 1. The lowest BCUT2D eigenvalue weighted by Crippen LogP contribution is -2.32. The van der Waals surface area contributed by atoms with E-state index in [9.17, 15) is 4.79 Å². The van der Waals surface area contributed by atoms with Crippen LogP contribution in [0.25, 0.3) is 0 Å². The molecule has 0 radical (unpaired) electrons. The van der Waals surface area contributed by atoms with Gasteiger partial charge in [0.05, 0.1) is 5.25 Å². The Morgan fingerprint density at radius 3 is 2.63 bits per heavy atom. The molecule has 1 fully saturated rings. The maximum Gasteiger partial charge on any atom is 0.236 e. The molecule has 1 N–H and O–H groups in total. The van der Waals surface area contributed by atoms with Crippen LogP contribution in [0.5, 0.6) is 0 Å². The van der Waals surface area contributed by atoms with Gasteiger partial charge < -0.3 is 10.2 Å². The molecule has 2 rings (SSSR count). The van der Waals surface area contributed by atoms with E-state index in [-0.39, 0.29) is 16.5 Å². The third-order valence-electron chi connectivity index (χ3n) is 3.44. The number of rotatable bonds is 5. The van der Waals surface area contributed by atoms with Gasteiger partial charge in [-0.05, 0) is 39.4 Å². The maximum atomic E-state index is 12.2. The molecule has 1 heterocycles. The van der Waals surface area contributed by atoms with Crippen LogP contribution in [0.3, 0.4) is 0 Å². The fourth-order valence-electron chi connectivity index (χ4n) is 2.32. The number of hydrogen-bond acceptors (Lipinski definition) is 3. The van der Waals surface area contributed by atoms with Gasteiger partial charge >= 0.3 is 0 Å². The van der Waals surface area contributed by atoms with Crippen molar-refractivity contribution in [1.29, 1.82) is 0 Å². The molecule has 0 aliphatic carbocycles. The second-order valence-electron chi connectivity index (χ2n) is 5.03. The summed E-state index contributed by atoms with van der Waals surface area (Å²) in [4.78, 5) is 14.3. The number of thioether (sulfide) groups is 1. The molecule has 3 nitrogen and oxygen atoms in total. The summed E-state index contributed by atoms with van der Waals surface area (Å²) in [6.45, 7) is 5.87. The Bertz CT molecular complexity index is 432. The number of nitrogens with one attached hydrogen (secondary N) is 1. The van der Waals surface area contributed by atoms with Gasteiger partial charge in [-0.2, -0.15) is 0 Å². The summed E-state index contributed by atoms with van der Waals surface area (Å²) in [6.07, 6.45) is 0.998. The predicted molar refractivity (Wildman–Crippen MR) is 81.2 cm³/mol. The number of carbonyl (C=O) groups excluding carboxylic acids is 1. The lowest BCUT2D eigenvalue weighted by atomic mass is 10.1. The highest BCUT2D eigenvalue weighted by Gasteiger charge is 2.37. The molecule has 0 bridgehead atoms. The van der Waals surface area contributed by atoms with Crippen LogP contribution in [-0.4, -0.2) is 36.2 Å². The average Bonchev–Trinajstić information content (AvgIpc) is 2.68. The molecule has 1 aromatic carbocycles. The second kappa shape index (κ2) is 6.44. The van der Waals surface area contributed by atoms with Crippen LogP contribution in [0.2, 0.25) is 0 Å². The van der Waals surface area contributed by atoms with Crippen molar-refractivity contribution >= 4 is 17.7 Å². The van der Waals surface area contributed by atoms with E-state index in [2.05, 4.69) is 36.5 Å². The molecular formula is C15H22N2OS. The Labute approximate surface area is 119 Å². The Morgan fingerprint density at radius 2 is 2.00 bits per heavy atom. The Morgan fingerprint density at radius 1 is 1.32 bits per heavy atom. The predicted octanol–water partition coefficient (Wildman–Crippen LogP) is 2.57. The number of aryl methyl sites for hydroxylation is 1. The molecule has 0 spiro atoms. The zero-order valence-electron chi connectivity index (χ0n) is 11.8. The molecular weight excluding hydrogens is 256 g/mol. The molecule has 1 aromatic rings. The summed E-state index contributed by atoms with van der Waals surface area (Å²) < 4.78 is 0. The van der Waals surface area contributed by atoms with Crippen molar-refractivity contribution in [3.05, 3.63) is 35.4 Å². The SMILES string of the molecule is CNCCCN1C(=O)C(C)SC1c1ccc(C)cc1. The van der Waals surface area contributed by atoms with Crippen molar-refractivity contribution in [2.75, 3.05) is 20.1 Å². The lowest BCUT2D eigenvalue weighted by Gasteiger charge is -2.24. The summed E-state index contributed by atoms with van der Waals surface area (Å²) in [5.41, 5.74) is 2.49. The molecule has 0 saturated carbocycles. The van der Waals surface area contributed by atoms with Crippen molar-refractivity contribution in [2.24, 2.45) is 0 Å². The van der Waals surface area contributed by atoms with E-state index in [1.165, 1.54) is 11.1 Å². The van der Waals surface area contributed by atoms with Crippen molar-refractivity contribution in [3.63, 3.8) is 0 Å². The van der Waals surface area contributed by atoms with Gasteiger partial charge in [-0.1, -0.05) is 29.8 Å². The summed E-state index contributed by atoms with van der Waals surface area (Å²) in [7, 11) is 1.95. The van der Waals surface area contributed by atoms with Crippen LogP contribution < -0.4 is 5.32 Å². The van der Waals surface area contributed by atoms with E-state index in [1.807, 2.05) is 18.9 Å². The molecule has 0 aromatic heterocycles. The molecule has 4 heteroatoms. The summed E-state index contributed by atoms with van der Waals surface area (Å²) in [6, 6.07) is 8.52. The minimum atomic E-state index is 0.0703. The van der Waals surface area contributed by atoms with Crippen LogP contribution in [0.4, 0.5) is 0 Å². The topological polar surface area (TPSA) is 32.3 Å². The average molecular weight is 278 g/mol. The lowest BCUT2D eigenvalue weighted by molar-refractivity contribution is -0.129. The Kier molecular flexibility index (Phi) is 4.88. The first-order chi connectivity index (χ1) is 9.13. The summed E-state index contributed by atoms with van der Waals surface area (Å²) in [5.74, 6) is 0.270. The van der Waals surface area contributed by atoms with Gasteiger partial charge in [0.1, 0.15) is 5.37 Å². The van der Waals surface area contributed by atoms with E-state index in [0.29, 0.717) is 0 Å². The highest BCUT2D eigenvalue weighted by atomic mass is 32.2. The highest BCUT2D eigenvalue weighted by Crippen LogP contribution is 2.42. The quantitative estimate of drug-likeness (QED) is 0.840. The zero-order valence-corrected chi connectivity index (χ0v) is 12.7. The standard InChI is InChI=1S/C15H22N2OS/c1-11-5-7-13(8-6-11)15-17(10-4-9-16-3)14(18)12(2)19-15/h5-8,12,15-16H,4,9-10H2,1-3H3. The first-order valence-electron chi connectivity index (χ1n) is 6.80. The minimum absolute atomic E-state index is 0.0703. The maximum absolute atomic E-state index is 12.2. The third-order valence-corrected chi connectivity index (χ3v) is 4.83. The van der Waals surface area contributed by atoms with Crippen LogP contribution in [0.15, 0.2) is 24.3 Å². The Balaban J connectivity index is 2.12. The molecule has 19 heavy (non-hydrogen) atoms. The fraction of sp³-hybridized carbons (Fsp3) is 0.533. The van der Waals surface area contributed by atoms with Gasteiger partial charge in [-0.15, -0.1) is 11.8 Å². The zero-order chi connectivity index (χ0) is 13.8. The first kappa shape index (κ1) is 14.4. The molecule has 104 valence electrons. The molecule has 1 saturated heterocycles. The van der Waals surface area contributed by atoms with Crippen LogP contribution in [0, 0.1) is 6.92 Å². The van der Waals surface area contributed by atoms with E-state index < -0.39 is 0 Å². The number of carbonyl (C=O) groups is 1. The largest absolute Gasteiger partial charge is 0.326 e. The van der Waals surface area contributed by atoms with Gasteiger partial charge in [0.25, 0.3) is 0 Å². The number of amides is 1. The van der Waals surface area contributed by atoms with Gasteiger partial charge in [-0.25, -0.2) is 0 Å². The molecule has 1 amide bonds. The van der Waals surface area contributed by atoms with E-state index in [1.54, 1.807) is 11.8 Å². The molecule has 1 aliphatic rings. The number of nitrogens with zero attached hydrogens (tertiary/aromatic N) is 1. The minimum Gasteiger partial charge on any atom is -0.326 e. The van der Waals surface area contributed by atoms with Crippen molar-refractivity contribution in [2.45, 2.75) is 30.9 Å². The highest BCUT2D eigenvalue weighted by molar-refractivity contribution is 8.01. The monoisotopic (exact) mass is 278 g/mol. The first-order valence-corrected chi connectivity index (χ1v) is 7.75. The normalized spacial score (nSPS) is 23.1. The van der Waals surface area contributed by atoms with Crippen molar-refractivity contribution in [1.82, 2.24) is 10.2 Å². The third kappa shape index (κ3) is 3.31.